The number of rotatable bonds is 2. The Morgan fingerprint density at radius 1 is 1.62 bits per heavy atom. The van der Waals surface area contributed by atoms with E-state index in [2.05, 4.69) is 21.2 Å². The smallest absolute Gasteiger partial charge is 0.224 e. The first-order valence-electron chi connectivity index (χ1n) is 3.88. The Labute approximate surface area is 90.4 Å². The monoisotopic (exact) mass is 261 g/mol. The largest absolute Gasteiger partial charge is 0.325 e. The lowest BCUT2D eigenvalue weighted by atomic mass is 10.3. The van der Waals surface area contributed by atoms with Crippen molar-refractivity contribution < 1.29 is 4.79 Å². The van der Waals surface area contributed by atoms with Crippen molar-refractivity contribution >= 4 is 39.1 Å². The van der Waals surface area contributed by atoms with Crippen LogP contribution in [0, 0.1) is 0 Å². The van der Waals surface area contributed by atoms with E-state index in [0.717, 1.165) is 4.47 Å². The van der Waals surface area contributed by atoms with E-state index >= 15 is 0 Å². The minimum absolute atomic E-state index is 0.0250. The number of benzene rings is 1. The average molecular weight is 263 g/mol. The Bertz CT molecular complexity index is 327. The summed E-state index contributed by atoms with van der Waals surface area (Å²) >= 11 is 9.09. The van der Waals surface area contributed by atoms with Gasteiger partial charge in [-0.15, -0.1) is 0 Å². The van der Waals surface area contributed by atoms with E-state index in [9.17, 15) is 4.79 Å². The summed E-state index contributed by atoms with van der Waals surface area (Å²) in [4.78, 5) is 11.1. The van der Waals surface area contributed by atoms with Crippen LogP contribution in [-0.4, -0.2) is 5.91 Å². The van der Waals surface area contributed by atoms with Crippen molar-refractivity contribution in [2.45, 2.75) is 13.3 Å². The standard InChI is InChI=1S/C9H9BrClNO/c1-2-9(13)12-8-5-6(11)3-4-7(8)10/h3-5H,2H2,1H3,(H,12,13). The van der Waals surface area contributed by atoms with Crippen LogP contribution in [0.5, 0.6) is 0 Å². The Hall–Kier alpha value is -0.540. The minimum atomic E-state index is -0.0250. The first-order valence-corrected chi connectivity index (χ1v) is 5.05. The quantitative estimate of drug-likeness (QED) is 0.869. The molecule has 0 aliphatic heterocycles. The number of hydrogen-bond acceptors (Lipinski definition) is 1. The molecule has 4 heteroatoms. The number of halogens is 2. The first-order chi connectivity index (χ1) is 6.13. The highest BCUT2D eigenvalue weighted by atomic mass is 79.9. The van der Waals surface area contributed by atoms with Gasteiger partial charge in [-0.1, -0.05) is 18.5 Å². The van der Waals surface area contributed by atoms with Crippen LogP contribution in [0.4, 0.5) is 5.69 Å². The van der Waals surface area contributed by atoms with E-state index in [1.54, 1.807) is 25.1 Å². The van der Waals surface area contributed by atoms with Gasteiger partial charge in [0, 0.05) is 15.9 Å². The summed E-state index contributed by atoms with van der Waals surface area (Å²) in [5, 5.41) is 3.34. The SMILES string of the molecule is CCC(=O)Nc1cc(Cl)ccc1Br. The summed E-state index contributed by atoms with van der Waals surface area (Å²) in [6, 6.07) is 5.26. The Morgan fingerprint density at radius 3 is 2.92 bits per heavy atom. The van der Waals surface area contributed by atoms with Crippen molar-refractivity contribution in [3.63, 3.8) is 0 Å². The van der Waals surface area contributed by atoms with Gasteiger partial charge in [0.25, 0.3) is 0 Å². The topological polar surface area (TPSA) is 29.1 Å². The maximum absolute atomic E-state index is 11.1. The molecule has 1 amide bonds. The molecule has 0 unspecified atom stereocenters. The fourth-order valence-electron chi connectivity index (χ4n) is 0.832. The van der Waals surface area contributed by atoms with Crippen molar-refractivity contribution in [2.75, 3.05) is 5.32 Å². The predicted octanol–water partition coefficient (Wildman–Crippen LogP) is 3.45. The summed E-state index contributed by atoms with van der Waals surface area (Å²) in [6.07, 6.45) is 0.457. The van der Waals surface area contributed by atoms with E-state index in [0.29, 0.717) is 17.1 Å². The summed E-state index contributed by atoms with van der Waals surface area (Å²) in [5.74, 6) is -0.0250. The molecule has 0 fully saturated rings. The first kappa shape index (κ1) is 10.5. The number of anilines is 1. The predicted molar refractivity (Wildman–Crippen MR) is 58.1 cm³/mol. The molecule has 13 heavy (non-hydrogen) atoms. The summed E-state index contributed by atoms with van der Waals surface area (Å²) in [7, 11) is 0. The van der Waals surface area contributed by atoms with E-state index in [4.69, 9.17) is 11.6 Å². The fourth-order valence-corrected chi connectivity index (χ4v) is 1.35. The fraction of sp³-hybridized carbons (Fsp3) is 0.222. The van der Waals surface area contributed by atoms with Crippen molar-refractivity contribution in [2.24, 2.45) is 0 Å². The van der Waals surface area contributed by atoms with Gasteiger partial charge in [-0.05, 0) is 34.1 Å². The van der Waals surface area contributed by atoms with Crippen molar-refractivity contribution in [3.8, 4) is 0 Å². The Kier molecular flexibility index (Phi) is 3.75. The van der Waals surface area contributed by atoms with Gasteiger partial charge < -0.3 is 5.32 Å². The van der Waals surface area contributed by atoms with Gasteiger partial charge in [0.15, 0.2) is 0 Å². The Balaban J connectivity index is 2.87. The third-order valence-electron chi connectivity index (χ3n) is 1.52. The van der Waals surface area contributed by atoms with Crippen molar-refractivity contribution in [1.29, 1.82) is 0 Å². The van der Waals surface area contributed by atoms with Gasteiger partial charge in [-0.25, -0.2) is 0 Å². The molecule has 0 aliphatic carbocycles. The third kappa shape index (κ3) is 3.01. The molecule has 0 atom stereocenters. The summed E-state index contributed by atoms with van der Waals surface area (Å²) in [5.41, 5.74) is 0.708. The molecule has 1 rings (SSSR count). The van der Waals surface area contributed by atoms with Crippen LogP contribution < -0.4 is 5.32 Å². The second-order valence-electron chi connectivity index (χ2n) is 2.53. The van der Waals surface area contributed by atoms with Gasteiger partial charge in [0.05, 0.1) is 5.69 Å². The molecule has 0 spiro atoms. The van der Waals surface area contributed by atoms with Gasteiger partial charge >= 0.3 is 0 Å². The van der Waals surface area contributed by atoms with Crippen LogP contribution in [-0.2, 0) is 4.79 Å². The molecule has 0 aromatic heterocycles. The highest BCUT2D eigenvalue weighted by Gasteiger charge is 2.03. The lowest BCUT2D eigenvalue weighted by molar-refractivity contribution is -0.115. The lowest BCUT2D eigenvalue weighted by Crippen LogP contribution is -2.09. The molecule has 0 heterocycles. The average Bonchev–Trinajstić information content (AvgIpc) is 2.11. The highest BCUT2D eigenvalue weighted by molar-refractivity contribution is 9.10. The Morgan fingerprint density at radius 2 is 2.31 bits per heavy atom. The molecule has 1 aromatic carbocycles. The molecule has 1 N–H and O–H groups in total. The minimum Gasteiger partial charge on any atom is -0.325 e. The summed E-state index contributed by atoms with van der Waals surface area (Å²) < 4.78 is 0.832. The molecule has 70 valence electrons. The number of hydrogen-bond donors (Lipinski definition) is 1. The van der Waals surface area contributed by atoms with E-state index < -0.39 is 0 Å². The van der Waals surface area contributed by atoms with E-state index in [1.807, 2.05) is 0 Å². The van der Waals surface area contributed by atoms with Crippen LogP contribution in [0.2, 0.25) is 5.02 Å². The van der Waals surface area contributed by atoms with Crippen LogP contribution in [0.25, 0.3) is 0 Å². The second-order valence-corrected chi connectivity index (χ2v) is 3.82. The molecule has 2 nitrogen and oxygen atoms in total. The van der Waals surface area contributed by atoms with Gasteiger partial charge in [0.1, 0.15) is 0 Å². The number of carbonyl (C=O) groups excluding carboxylic acids is 1. The molecular formula is C9H9BrClNO. The van der Waals surface area contributed by atoms with E-state index in [-0.39, 0.29) is 5.91 Å². The molecule has 0 radical (unpaired) electrons. The third-order valence-corrected chi connectivity index (χ3v) is 2.45. The summed E-state index contributed by atoms with van der Waals surface area (Å²) in [6.45, 7) is 1.80. The highest BCUT2D eigenvalue weighted by Crippen LogP contribution is 2.25. The van der Waals surface area contributed by atoms with Crippen LogP contribution in [0.15, 0.2) is 22.7 Å². The van der Waals surface area contributed by atoms with Crippen LogP contribution >= 0.6 is 27.5 Å². The maximum atomic E-state index is 11.1. The molecule has 0 saturated heterocycles. The number of amides is 1. The molecule has 1 aromatic rings. The second kappa shape index (κ2) is 4.63. The zero-order valence-corrected chi connectivity index (χ0v) is 9.45. The maximum Gasteiger partial charge on any atom is 0.224 e. The lowest BCUT2D eigenvalue weighted by Gasteiger charge is -2.05. The van der Waals surface area contributed by atoms with Crippen LogP contribution in [0.1, 0.15) is 13.3 Å². The van der Waals surface area contributed by atoms with Gasteiger partial charge in [-0.3, -0.25) is 4.79 Å². The van der Waals surface area contributed by atoms with Crippen LogP contribution in [0.3, 0.4) is 0 Å². The van der Waals surface area contributed by atoms with E-state index in [1.165, 1.54) is 0 Å². The van der Waals surface area contributed by atoms with Gasteiger partial charge in [-0.2, -0.15) is 0 Å². The zero-order chi connectivity index (χ0) is 9.84. The van der Waals surface area contributed by atoms with Crippen molar-refractivity contribution in [1.82, 2.24) is 0 Å². The number of carbonyl (C=O) groups is 1. The van der Waals surface area contributed by atoms with Crippen molar-refractivity contribution in [3.05, 3.63) is 27.7 Å². The normalized spacial score (nSPS) is 9.77. The number of nitrogens with one attached hydrogen (secondary N) is 1. The molecule has 0 aliphatic rings. The molecular weight excluding hydrogens is 253 g/mol. The molecule has 0 bridgehead atoms. The zero-order valence-electron chi connectivity index (χ0n) is 7.10. The van der Waals surface area contributed by atoms with Gasteiger partial charge in [0.2, 0.25) is 5.91 Å². The molecule has 0 saturated carbocycles.